The van der Waals surface area contributed by atoms with Gasteiger partial charge in [-0.25, -0.2) is 4.98 Å². The predicted molar refractivity (Wildman–Crippen MR) is 72.3 cm³/mol. The number of hydrogen-bond donors (Lipinski definition) is 1. The number of rotatable bonds is 2. The van der Waals surface area contributed by atoms with Crippen LogP contribution in [0.25, 0.3) is 11.0 Å². The van der Waals surface area contributed by atoms with Gasteiger partial charge in [-0.2, -0.15) is 0 Å². The fourth-order valence-electron chi connectivity index (χ4n) is 2.45. The van der Waals surface area contributed by atoms with E-state index in [1.165, 1.54) is 16.6 Å². The van der Waals surface area contributed by atoms with Crippen molar-refractivity contribution < 1.29 is 0 Å². The molecule has 0 atom stereocenters. The van der Waals surface area contributed by atoms with E-state index >= 15 is 0 Å². The highest BCUT2D eigenvalue weighted by molar-refractivity contribution is 5.80. The van der Waals surface area contributed by atoms with Gasteiger partial charge in [-0.3, -0.25) is 0 Å². The summed E-state index contributed by atoms with van der Waals surface area (Å²) in [5, 5.41) is 0. The summed E-state index contributed by atoms with van der Waals surface area (Å²) in [4.78, 5) is 4.76. The summed E-state index contributed by atoms with van der Waals surface area (Å²) in [7, 11) is 2.07. The van der Waals surface area contributed by atoms with Gasteiger partial charge in [-0.1, -0.05) is 19.9 Å². The Balaban J connectivity index is 2.78. The van der Waals surface area contributed by atoms with Crippen LogP contribution < -0.4 is 5.73 Å². The monoisotopic (exact) mass is 231 g/mol. The van der Waals surface area contributed by atoms with Crippen molar-refractivity contribution in [2.24, 2.45) is 12.8 Å². The summed E-state index contributed by atoms with van der Waals surface area (Å²) >= 11 is 0. The average Bonchev–Trinajstić information content (AvgIpc) is 2.56. The largest absolute Gasteiger partial charge is 0.330 e. The highest BCUT2D eigenvalue weighted by Crippen LogP contribution is 2.27. The van der Waals surface area contributed by atoms with E-state index in [9.17, 15) is 0 Å². The van der Waals surface area contributed by atoms with Gasteiger partial charge in [0.05, 0.1) is 11.0 Å². The van der Waals surface area contributed by atoms with E-state index < -0.39 is 0 Å². The molecular formula is C14H21N3. The molecule has 1 aromatic carbocycles. The van der Waals surface area contributed by atoms with Crippen molar-refractivity contribution in [1.29, 1.82) is 0 Å². The lowest BCUT2D eigenvalue weighted by atomic mass is 9.93. The molecule has 3 heteroatoms. The maximum atomic E-state index is 5.84. The van der Waals surface area contributed by atoms with Crippen LogP contribution >= 0.6 is 0 Å². The minimum atomic E-state index is -0.0892. The van der Waals surface area contributed by atoms with Crippen molar-refractivity contribution in [3.8, 4) is 0 Å². The van der Waals surface area contributed by atoms with E-state index in [-0.39, 0.29) is 5.41 Å². The van der Waals surface area contributed by atoms with Crippen molar-refractivity contribution in [2.75, 3.05) is 6.54 Å². The topological polar surface area (TPSA) is 43.8 Å². The quantitative estimate of drug-likeness (QED) is 0.862. The Morgan fingerprint density at radius 2 is 1.94 bits per heavy atom. The van der Waals surface area contributed by atoms with Crippen LogP contribution in [0, 0.1) is 13.8 Å². The molecule has 1 aromatic heterocycles. The minimum Gasteiger partial charge on any atom is -0.330 e. The SMILES string of the molecule is Cc1cc(C)c2c(c1)nc(C(C)(C)CN)n2C. The standard InChI is InChI=1S/C14H21N3/c1-9-6-10(2)12-11(7-9)16-13(17(12)5)14(3,4)8-15/h6-7H,8,15H2,1-5H3. The first-order chi connectivity index (χ1) is 7.86. The molecule has 17 heavy (non-hydrogen) atoms. The lowest BCUT2D eigenvalue weighted by Gasteiger charge is -2.21. The lowest BCUT2D eigenvalue weighted by molar-refractivity contribution is 0.487. The van der Waals surface area contributed by atoms with Crippen LogP contribution in [0.15, 0.2) is 12.1 Å². The summed E-state index contributed by atoms with van der Waals surface area (Å²) < 4.78 is 2.18. The third kappa shape index (κ3) is 1.84. The van der Waals surface area contributed by atoms with Gasteiger partial charge in [0.15, 0.2) is 0 Å². The molecule has 2 rings (SSSR count). The number of fused-ring (bicyclic) bond motifs is 1. The van der Waals surface area contributed by atoms with E-state index in [2.05, 4.69) is 51.4 Å². The Bertz CT molecular complexity index is 564. The molecule has 0 saturated carbocycles. The van der Waals surface area contributed by atoms with Crippen molar-refractivity contribution in [3.63, 3.8) is 0 Å². The molecule has 0 radical (unpaired) electrons. The lowest BCUT2D eigenvalue weighted by Crippen LogP contribution is -2.31. The second-order valence-corrected chi connectivity index (χ2v) is 5.53. The van der Waals surface area contributed by atoms with E-state index in [1.807, 2.05) is 0 Å². The molecule has 2 N–H and O–H groups in total. The Morgan fingerprint density at radius 1 is 1.29 bits per heavy atom. The molecule has 0 aliphatic carbocycles. The Labute approximate surface area is 103 Å². The number of benzene rings is 1. The number of hydrogen-bond acceptors (Lipinski definition) is 2. The van der Waals surface area contributed by atoms with Gasteiger partial charge in [0, 0.05) is 19.0 Å². The molecule has 2 aromatic rings. The minimum absolute atomic E-state index is 0.0892. The predicted octanol–water partition coefficient (Wildman–Crippen LogP) is 2.43. The van der Waals surface area contributed by atoms with Crippen LogP contribution in [0.1, 0.15) is 30.8 Å². The summed E-state index contributed by atoms with van der Waals surface area (Å²) in [6.45, 7) is 9.11. The van der Waals surface area contributed by atoms with Crippen molar-refractivity contribution in [3.05, 3.63) is 29.1 Å². The van der Waals surface area contributed by atoms with Gasteiger partial charge in [-0.05, 0) is 31.0 Å². The Morgan fingerprint density at radius 3 is 2.53 bits per heavy atom. The summed E-state index contributed by atoms with van der Waals surface area (Å²) in [6, 6.07) is 4.33. The van der Waals surface area contributed by atoms with Crippen LogP contribution in [-0.4, -0.2) is 16.1 Å². The molecular weight excluding hydrogens is 210 g/mol. The zero-order valence-electron chi connectivity index (χ0n) is 11.3. The summed E-state index contributed by atoms with van der Waals surface area (Å²) in [5.74, 6) is 1.06. The third-order valence-corrected chi connectivity index (χ3v) is 3.42. The number of nitrogens with zero attached hydrogens (tertiary/aromatic N) is 2. The van der Waals surface area contributed by atoms with Crippen LogP contribution in [0.3, 0.4) is 0 Å². The normalized spacial score (nSPS) is 12.4. The summed E-state index contributed by atoms with van der Waals surface area (Å²) in [6.07, 6.45) is 0. The molecule has 1 heterocycles. The van der Waals surface area contributed by atoms with Crippen LogP contribution in [0.5, 0.6) is 0 Å². The molecule has 0 saturated heterocycles. The van der Waals surface area contributed by atoms with Gasteiger partial charge in [0.1, 0.15) is 5.82 Å². The molecule has 3 nitrogen and oxygen atoms in total. The van der Waals surface area contributed by atoms with Crippen LogP contribution in [-0.2, 0) is 12.5 Å². The molecule has 0 amide bonds. The maximum absolute atomic E-state index is 5.84. The third-order valence-electron chi connectivity index (χ3n) is 3.42. The van der Waals surface area contributed by atoms with Crippen molar-refractivity contribution in [2.45, 2.75) is 33.1 Å². The smallest absolute Gasteiger partial charge is 0.116 e. The van der Waals surface area contributed by atoms with Gasteiger partial charge < -0.3 is 10.3 Å². The van der Waals surface area contributed by atoms with E-state index in [1.54, 1.807) is 0 Å². The van der Waals surface area contributed by atoms with Gasteiger partial charge in [0.2, 0.25) is 0 Å². The van der Waals surface area contributed by atoms with Gasteiger partial charge in [0.25, 0.3) is 0 Å². The number of aromatic nitrogens is 2. The molecule has 0 aliphatic heterocycles. The first-order valence-electron chi connectivity index (χ1n) is 6.01. The molecule has 0 unspecified atom stereocenters. The molecule has 0 fully saturated rings. The molecule has 0 spiro atoms. The first-order valence-corrected chi connectivity index (χ1v) is 6.01. The van der Waals surface area contributed by atoms with Crippen LogP contribution in [0.4, 0.5) is 0 Å². The molecule has 0 aliphatic rings. The number of nitrogens with two attached hydrogens (primary N) is 1. The fourth-order valence-corrected chi connectivity index (χ4v) is 2.45. The van der Waals surface area contributed by atoms with Gasteiger partial charge >= 0.3 is 0 Å². The van der Waals surface area contributed by atoms with E-state index in [0.29, 0.717) is 6.54 Å². The van der Waals surface area contributed by atoms with E-state index in [4.69, 9.17) is 10.7 Å². The summed E-state index contributed by atoms with van der Waals surface area (Å²) in [5.41, 5.74) is 10.6. The highest BCUT2D eigenvalue weighted by atomic mass is 15.1. The van der Waals surface area contributed by atoms with Crippen molar-refractivity contribution >= 4 is 11.0 Å². The molecule has 0 bridgehead atoms. The average molecular weight is 231 g/mol. The fraction of sp³-hybridized carbons (Fsp3) is 0.500. The zero-order chi connectivity index (χ0) is 12.8. The second kappa shape index (κ2) is 3.84. The molecule has 92 valence electrons. The first kappa shape index (κ1) is 12.1. The van der Waals surface area contributed by atoms with Crippen molar-refractivity contribution in [1.82, 2.24) is 9.55 Å². The Hall–Kier alpha value is -1.35. The Kier molecular flexibility index (Phi) is 2.74. The highest BCUT2D eigenvalue weighted by Gasteiger charge is 2.25. The number of aryl methyl sites for hydroxylation is 3. The van der Waals surface area contributed by atoms with Crippen LogP contribution in [0.2, 0.25) is 0 Å². The van der Waals surface area contributed by atoms with E-state index in [0.717, 1.165) is 11.3 Å². The second-order valence-electron chi connectivity index (χ2n) is 5.53. The van der Waals surface area contributed by atoms with Gasteiger partial charge in [-0.15, -0.1) is 0 Å². The number of imidazole rings is 1. The maximum Gasteiger partial charge on any atom is 0.116 e. The zero-order valence-corrected chi connectivity index (χ0v) is 11.3.